The highest BCUT2D eigenvalue weighted by atomic mass is 16.5. The lowest BCUT2D eigenvalue weighted by Gasteiger charge is -2.27. The summed E-state index contributed by atoms with van der Waals surface area (Å²) in [5, 5.41) is 2.80. The van der Waals surface area contributed by atoms with Crippen LogP contribution in [0.3, 0.4) is 0 Å². The fraction of sp³-hybridized carbons (Fsp3) is 0.833. The number of carbonyl (C=O) groups is 2. The number of hydrogen-bond acceptors (Lipinski definition) is 4. The maximum absolute atomic E-state index is 11.5. The first-order chi connectivity index (χ1) is 7.93. The summed E-state index contributed by atoms with van der Waals surface area (Å²) < 4.78 is 4.69. The van der Waals surface area contributed by atoms with Gasteiger partial charge >= 0.3 is 5.97 Å². The van der Waals surface area contributed by atoms with E-state index < -0.39 is 0 Å². The van der Waals surface area contributed by atoms with Gasteiger partial charge in [0.15, 0.2) is 0 Å². The van der Waals surface area contributed by atoms with Crippen LogP contribution in [0.1, 0.15) is 27.2 Å². The van der Waals surface area contributed by atoms with Crippen molar-refractivity contribution in [3.8, 4) is 0 Å². The predicted molar refractivity (Wildman–Crippen MR) is 66.6 cm³/mol. The van der Waals surface area contributed by atoms with Crippen LogP contribution in [0.5, 0.6) is 0 Å². The van der Waals surface area contributed by atoms with Crippen molar-refractivity contribution in [2.24, 2.45) is 5.92 Å². The molecule has 17 heavy (non-hydrogen) atoms. The molecule has 0 radical (unpaired) electrons. The Hall–Kier alpha value is -1.10. The lowest BCUT2D eigenvalue weighted by Crippen LogP contribution is -2.44. The number of nitrogens with one attached hydrogen (secondary N) is 1. The summed E-state index contributed by atoms with van der Waals surface area (Å²) in [5.74, 6) is -0.513. The van der Waals surface area contributed by atoms with Crippen LogP contribution in [-0.2, 0) is 14.3 Å². The third-order valence-corrected chi connectivity index (χ3v) is 2.96. The van der Waals surface area contributed by atoms with E-state index in [1.165, 1.54) is 7.11 Å². The van der Waals surface area contributed by atoms with Gasteiger partial charge in [0.2, 0.25) is 5.91 Å². The molecule has 100 valence electrons. The van der Waals surface area contributed by atoms with Gasteiger partial charge in [-0.15, -0.1) is 0 Å². The summed E-state index contributed by atoms with van der Waals surface area (Å²) in [5.41, 5.74) is 0. The van der Waals surface area contributed by atoms with Gasteiger partial charge in [0, 0.05) is 12.6 Å². The summed E-state index contributed by atoms with van der Waals surface area (Å²) in [6, 6.07) is -0.0326. The molecule has 1 amide bonds. The quantitative estimate of drug-likeness (QED) is 0.668. The molecular formula is C12H24N2O3. The zero-order valence-corrected chi connectivity index (χ0v) is 11.4. The summed E-state index contributed by atoms with van der Waals surface area (Å²) in [7, 11) is 3.20. The smallest absolute Gasteiger partial charge is 0.309 e. The second kappa shape index (κ2) is 8.06. The van der Waals surface area contributed by atoms with Crippen molar-refractivity contribution in [1.29, 1.82) is 0 Å². The molecule has 0 spiro atoms. The van der Waals surface area contributed by atoms with Gasteiger partial charge in [0.1, 0.15) is 0 Å². The molecule has 0 aliphatic heterocycles. The standard InChI is InChI=1S/C12H24N2O3/c1-6-7-13-11(15)8-14(4)10(3)9(2)12(16)17-5/h9-10H,6-8H2,1-5H3,(H,13,15). The van der Waals surface area contributed by atoms with E-state index in [2.05, 4.69) is 10.1 Å². The van der Waals surface area contributed by atoms with Crippen LogP contribution in [0.25, 0.3) is 0 Å². The van der Waals surface area contributed by atoms with E-state index in [4.69, 9.17) is 0 Å². The Kier molecular flexibility index (Phi) is 7.54. The Morgan fingerprint density at radius 3 is 2.41 bits per heavy atom. The zero-order chi connectivity index (χ0) is 13.4. The topological polar surface area (TPSA) is 58.6 Å². The Balaban J connectivity index is 4.16. The van der Waals surface area contributed by atoms with Crippen molar-refractivity contribution in [3.05, 3.63) is 0 Å². The van der Waals surface area contributed by atoms with Crippen molar-refractivity contribution in [2.75, 3.05) is 27.2 Å². The van der Waals surface area contributed by atoms with Gasteiger partial charge in [-0.05, 0) is 20.4 Å². The molecule has 0 aliphatic carbocycles. The van der Waals surface area contributed by atoms with Crippen LogP contribution in [0, 0.1) is 5.92 Å². The van der Waals surface area contributed by atoms with Gasteiger partial charge in [-0.25, -0.2) is 0 Å². The number of nitrogens with zero attached hydrogens (tertiary/aromatic N) is 1. The zero-order valence-electron chi connectivity index (χ0n) is 11.4. The monoisotopic (exact) mass is 244 g/mol. The van der Waals surface area contributed by atoms with Gasteiger partial charge in [-0.3, -0.25) is 14.5 Å². The predicted octanol–water partition coefficient (Wildman–Crippen LogP) is 0.642. The second-order valence-electron chi connectivity index (χ2n) is 4.32. The normalized spacial score (nSPS) is 14.2. The molecule has 0 bridgehead atoms. The summed E-state index contributed by atoms with van der Waals surface area (Å²) >= 11 is 0. The minimum atomic E-state index is -0.252. The average molecular weight is 244 g/mol. The SMILES string of the molecule is CCCNC(=O)CN(C)C(C)C(C)C(=O)OC. The second-order valence-corrected chi connectivity index (χ2v) is 4.32. The Bertz CT molecular complexity index is 256. The van der Waals surface area contributed by atoms with E-state index in [1.54, 1.807) is 6.92 Å². The first kappa shape index (κ1) is 15.9. The molecule has 5 heteroatoms. The number of amides is 1. The molecule has 2 atom stereocenters. The average Bonchev–Trinajstić information content (AvgIpc) is 2.33. The third kappa shape index (κ3) is 5.68. The fourth-order valence-electron chi connectivity index (χ4n) is 1.46. The highest BCUT2D eigenvalue weighted by Crippen LogP contribution is 2.10. The fourth-order valence-corrected chi connectivity index (χ4v) is 1.46. The van der Waals surface area contributed by atoms with E-state index >= 15 is 0 Å². The van der Waals surface area contributed by atoms with Gasteiger partial charge < -0.3 is 10.1 Å². The van der Waals surface area contributed by atoms with E-state index in [9.17, 15) is 9.59 Å². The van der Waals surface area contributed by atoms with Gasteiger partial charge in [-0.2, -0.15) is 0 Å². The molecule has 1 N–H and O–H groups in total. The van der Waals surface area contributed by atoms with Crippen molar-refractivity contribution in [3.63, 3.8) is 0 Å². The molecule has 0 aromatic rings. The van der Waals surface area contributed by atoms with Gasteiger partial charge in [0.05, 0.1) is 19.6 Å². The number of esters is 1. The highest BCUT2D eigenvalue weighted by Gasteiger charge is 2.25. The molecule has 0 aliphatic rings. The summed E-state index contributed by atoms with van der Waals surface area (Å²) in [6.45, 7) is 6.70. The number of methoxy groups -OCH3 is 1. The first-order valence-electron chi connectivity index (χ1n) is 5.98. The van der Waals surface area contributed by atoms with Crippen LogP contribution in [0.2, 0.25) is 0 Å². The minimum absolute atomic E-state index is 0.0155. The molecule has 0 heterocycles. The minimum Gasteiger partial charge on any atom is -0.469 e. The Morgan fingerprint density at radius 1 is 1.35 bits per heavy atom. The van der Waals surface area contributed by atoms with Crippen LogP contribution in [0.15, 0.2) is 0 Å². The molecule has 0 aromatic heterocycles. The van der Waals surface area contributed by atoms with E-state index in [1.807, 2.05) is 25.8 Å². The number of likely N-dealkylation sites (N-methyl/N-ethyl adjacent to an activating group) is 1. The molecule has 0 aromatic carbocycles. The van der Waals surface area contributed by atoms with Crippen molar-refractivity contribution in [1.82, 2.24) is 10.2 Å². The van der Waals surface area contributed by atoms with Crippen LogP contribution < -0.4 is 5.32 Å². The lowest BCUT2D eigenvalue weighted by molar-refractivity contribution is -0.147. The maximum Gasteiger partial charge on any atom is 0.309 e. The largest absolute Gasteiger partial charge is 0.469 e. The van der Waals surface area contributed by atoms with E-state index in [-0.39, 0.29) is 23.8 Å². The van der Waals surface area contributed by atoms with Crippen molar-refractivity contribution >= 4 is 11.9 Å². The van der Waals surface area contributed by atoms with Crippen molar-refractivity contribution < 1.29 is 14.3 Å². The third-order valence-electron chi connectivity index (χ3n) is 2.96. The Labute approximate surface area is 103 Å². The van der Waals surface area contributed by atoms with Crippen LogP contribution in [0.4, 0.5) is 0 Å². The number of hydrogen-bond donors (Lipinski definition) is 1. The molecule has 5 nitrogen and oxygen atoms in total. The van der Waals surface area contributed by atoms with Crippen LogP contribution >= 0.6 is 0 Å². The molecule has 0 saturated carbocycles. The van der Waals surface area contributed by atoms with Crippen LogP contribution in [-0.4, -0.2) is 50.1 Å². The number of carbonyl (C=O) groups excluding carboxylic acids is 2. The Morgan fingerprint density at radius 2 is 1.94 bits per heavy atom. The highest BCUT2D eigenvalue weighted by molar-refractivity contribution is 5.78. The lowest BCUT2D eigenvalue weighted by atomic mass is 10.0. The molecule has 2 unspecified atom stereocenters. The molecule has 0 fully saturated rings. The molecular weight excluding hydrogens is 220 g/mol. The van der Waals surface area contributed by atoms with E-state index in [0.29, 0.717) is 13.1 Å². The number of ether oxygens (including phenoxy) is 1. The van der Waals surface area contributed by atoms with Gasteiger partial charge in [-0.1, -0.05) is 13.8 Å². The molecule has 0 saturated heterocycles. The summed E-state index contributed by atoms with van der Waals surface area (Å²) in [4.78, 5) is 24.7. The summed E-state index contributed by atoms with van der Waals surface area (Å²) in [6.07, 6.45) is 0.920. The van der Waals surface area contributed by atoms with Crippen molar-refractivity contribution in [2.45, 2.75) is 33.2 Å². The maximum atomic E-state index is 11.5. The number of rotatable bonds is 7. The molecule has 0 rings (SSSR count). The van der Waals surface area contributed by atoms with Gasteiger partial charge in [0.25, 0.3) is 0 Å². The first-order valence-corrected chi connectivity index (χ1v) is 5.98. The van der Waals surface area contributed by atoms with E-state index in [0.717, 1.165) is 6.42 Å².